The Hall–Kier alpha value is -4.55. The van der Waals surface area contributed by atoms with E-state index in [0.29, 0.717) is 5.56 Å². The summed E-state index contributed by atoms with van der Waals surface area (Å²) >= 11 is 0. The van der Waals surface area contributed by atoms with Crippen molar-refractivity contribution in [1.29, 1.82) is 0 Å². The fourth-order valence-electron chi connectivity index (χ4n) is 5.92. The van der Waals surface area contributed by atoms with Crippen molar-refractivity contribution < 1.29 is 48.3 Å². The van der Waals surface area contributed by atoms with Crippen LogP contribution in [-0.4, -0.2) is 109 Å². The van der Waals surface area contributed by atoms with Crippen LogP contribution < -0.4 is 16.0 Å². The first-order valence-corrected chi connectivity index (χ1v) is 18.7. The third-order valence-electron chi connectivity index (χ3n) is 9.01. The molecule has 0 bridgehead atoms. The van der Waals surface area contributed by atoms with E-state index in [4.69, 9.17) is 19.8 Å². The van der Waals surface area contributed by atoms with Crippen molar-refractivity contribution in [2.45, 2.75) is 110 Å². The molecule has 3 amide bonds. The molecule has 1 fully saturated rings. The highest BCUT2D eigenvalue weighted by atomic mass is 16.3. The van der Waals surface area contributed by atoms with Gasteiger partial charge in [0.2, 0.25) is 11.8 Å². The number of hydrogen-bond donors (Lipinski definition) is 5. The van der Waals surface area contributed by atoms with Crippen molar-refractivity contribution in [2.24, 2.45) is 5.92 Å². The fourth-order valence-corrected chi connectivity index (χ4v) is 5.92. The highest BCUT2D eigenvalue weighted by Crippen LogP contribution is 2.29. The summed E-state index contributed by atoms with van der Waals surface area (Å²) in [6.45, 7) is 4.61. The molecule has 2 aromatic rings. The normalized spacial score (nSPS) is 13.3. The molecule has 2 atom stereocenters. The van der Waals surface area contributed by atoms with E-state index in [2.05, 4.69) is 44.0 Å². The summed E-state index contributed by atoms with van der Waals surface area (Å²) < 4.78 is 1.10. The number of carbonyl (C=O) groups excluding carboxylic acids is 7. The molecule has 2 aromatic carbocycles. The first kappa shape index (κ1) is 50.5. The van der Waals surface area contributed by atoms with Crippen molar-refractivity contribution in [3.05, 3.63) is 71.3 Å². The molecule has 5 N–H and O–H groups in total. The number of amides is 3. The van der Waals surface area contributed by atoms with E-state index in [-0.39, 0.29) is 69.1 Å². The lowest BCUT2D eigenvalue weighted by Crippen LogP contribution is -2.46. The summed E-state index contributed by atoms with van der Waals surface area (Å²) in [4.78, 5) is 80.8. The largest absolute Gasteiger partial charge is 0.394 e. The van der Waals surface area contributed by atoms with Crippen LogP contribution in [0.5, 0.6) is 0 Å². The number of hydrogen-bond acceptors (Lipinski definition) is 9. The zero-order valence-corrected chi connectivity index (χ0v) is 32.6. The highest BCUT2D eigenvalue weighted by molar-refractivity contribution is 5.99. The van der Waals surface area contributed by atoms with Gasteiger partial charge in [-0.2, -0.15) is 9.59 Å². The summed E-state index contributed by atoms with van der Waals surface area (Å²) in [5, 5.41) is 26.4. The predicted octanol–water partition coefficient (Wildman–Crippen LogP) is 3.72. The van der Waals surface area contributed by atoms with Gasteiger partial charge in [0.15, 0.2) is 11.6 Å². The van der Waals surface area contributed by atoms with Gasteiger partial charge < -0.3 is 30.6 Å². The van der Waals surface area contributed by atoms with Crippen LogP contribution in [-0.2, 0) is 35.2 Å². The van der Waals surface area contributed by atoms with E-state index in [1.54, 1.807) is 12.1 Å². The number of benzene rings is 2. The Morgan fingerprint density at radius 2 is 1.31 bits per heavy atom. The lowest BCUT2D eigenvalue weighted by Gasteiger charge is -2.24. The molecule has 306 valence electrons. The predicted molar refractivity (Wildman–Crippen MR) is 211 cm³/mol. The van der Waals surface area contributed by atoms with Crippen LogP contribution in [0.1, 0.15) is 100 Å². The molecular weight excluding hydrogens is 704 g/mol. The van der Waals surface area contributed by atoms with Crippen molar-refractivity contribution in [3.63, 3.8) is 0 Å². The van der Waals surface area contributed by atoms with E-state index in [9.17, 15) is 24.0 Å². The molecule has 3 rings (SSSR count). The van der Waals surface area contributed by atoms with Gasteiger partial charge in [-0.3, -0.25) is 24.0 Å². The Bertz CT molecular complexity index is 1460. The topological polar surface area (TPSA) is 196 Å². The summed E-state index contributed by atoms with van der Waals surface area (Å²) in [6, 6.07) is 14.0. The molecule has 13 nitrogen and oxygen atoms in total. The molecule has 0 heterocycles. The third-order valence-corrected chi connectivity index (χ3v) is 9.01. The molecule has 1 saturated carbocycles. The lowest BCUT2D eigenvalue weighted by atomic mass is 9.92. The quantitative estimate of drug-likeness (QED) is 0.125. The van der Waals surface area contributed by atoms with Crippen molar-refractivity contribution in [1.82, 2.24) is 16.0 Å². The molecule has 1 aliphatic rings. The van der Waals surface area contributed by atoms with E-state index in [0.717, 1.165) is 41.3 Å². The van der Waals surface area contributed by atoms with Gasteiger partial charge in [-0.25, -0.2) is 0 Å². The molecule has 0 spiro atoms. The van der Waals surface area contributed by atoms with Crippen LogP contribution in [0.15, 0.2) is 54.6 Å². The average Bonchev–Trinajstić information content (AvgIpc) is 3.69. The molecule has 0 aromatic heterocycles. The number of aliphatic hydroxyl groups excluding tert-OH is 2. The minimum Gasteiger partial charge on any atom is -0.394 e. The van der Waals surface area contributed by atoms with Crippen molar-refractivity contribution >= 4 is 35.4 Å². The molecule has 0 saturated heterocycles. The summed E-state index contributed by atoms with van der Waals surface area (Å²) in [5.74, 6) is -1.88. The van der Waals surface area contributed by atoms with Crippen LogP contribution >= 0.6 is 0 Å². The number of aliphatic hydroxyl groups is 2. The highest BCUT2D eigenvalue weighted by Gasteiger charge is 2.32. The number of ketones is 2. The molecule has 1 aliphatic carbocycles. The Kier molecular flexibility index (Phi) is 25.6. The number of nitrogens with one attached hydrogen (secondary N) is 3. The number of quaternary nitrogens is 1. The van der Waals surface area contributed by atoms with Gasteiger partial charge >= 0.3 is 6.15 Å². The van der Waals surface area contributed by atoms with Crippen LogP contribution in [0.4, 0.5) is 0 Å². The van der Waals surface area contributed by atoms with Gasteiger partial charge in [0.05, 0.1) is 59.0 Å². The molecule has 55 heavy (non-hydrogen) atoms. The van der Waals surface area contributed by atoms with Crippen LogP contribution in [0.2, 0.25) is 0 Å². The standard InChI is InChI=1S/C33H43N3O7.C7H18N.CO2.CH4/c1-22-11-13-25(14-12-22)33(43)35-27(19-23-7-3-2-4-8-23)28(39)15-17-31(42)36-32(24-9-5-6-10-24)29(40)16-18-30(41)34-26(20-37)21-38;1-5-6-7-8(2,3)4;2-1-3;/h2-4,7-8,11-14,24,26-27,32,37-38H,5-6,9-10,15-21H2,1H3,(H,34,41)(H,35,43)(H,36,42);5-7H2,1-4H3;;1H4/q;+1;;/t27-,32-;;;/m0.../s1. The number of carbonyl (C=O) groups is 5. The van der Waals surface area contributed by atoms with Crippen molar-refractivity contribution in [2.75, 3.05) is 40.9 Å². The average molecular weight is 770 g/mol. The van der Waals surface area contributed by atoms with Gasteiger partial charge in [-0.1, -0.05) is 81.6 Å². The second kappa shape index (κ2) is 27.9. The summed E-state index contributed by atoms with van der Waals surface area (Å²) in [5.41, 5.74) is 2.31. The van der Waals surface area contributed by atoms with E-state index in [1.807, 2.05) is 49.4 Å². The van der Waals surface area contributed by atoms with Gasteiger partial charge in [-0.15, -0.1) is 0 Å². The van der Waals surface area contributed by atoms with Gasteiger partial charge in [0.25, 0.3) is 5.91 Å². The monoisotopic (exact) mass is 769 g/mol. The maximum absolute atomic E-state index is 13.3. The SMILES string of the molecule is C.CCCC[N+](C)(C)C.Cc1ccc(C(=O)N[C@@H](Cc2ccccc2)C(=O)CCC(=O)N[C@H](C(=O)CCC(=O)NC(CO)CO)C2CCCC2)cc1.O=C=O. The number of unbranched alkanes of at least 4 members (excludes halogenated alkanes) is 1. The molecule has 0 aliphatic heterocycles. The number of rotatable bonds is 20. The smallest absolute Gasteiger partial charge is 0.373 e. The van der Waals surface area contributed by atoms with Crippen LogP contribution in [0.3, 0.4) is 0 Å². The van der Waals surface area contributed by atoms with E-state index >= 15 is 0 Å². The van der Waals surface area contributed by atoms with Crippen molar-refractivity contribution in [3.8, 4) is 0 Å². The molecular formula is C42H65N4O9+. The Labute approximate surface area is 327 Å². The van der Waals surface area contributed by atoms with E-state index in [1.165, 1.54) is 19.4 Å². The zero-order valence-electron chi connectivity index (χ0n) is 32.6. The molecule has 0 unspecified atom stereocenters. The third kappa shape index (κ3) is 21.8. The summed E-state index contributed by atoms with van der Waals surface area (Å²) in [6.07, 6.45) is 6.16. The summed E-state index contributed by atoms with van der Waals surface area (Å²) in [7, 11) is 6.70. The second-order valence-corrected chi connectivity index (χ2v) is 14.7. The number of nitrogens with zero attached hydrogens (tertiary/aromatic N) is 1. The minimum atomic E-state index is -0.837. The zero-order chi connectivity index (χ0) is 40.5. The second-order valence-electron chi connectivity index (χ2n) is 14.7. The lowest BCUT2D eigenvalue weighted by molar-refractivity contribution is -0.870. The Morgan fingerprint density at radius 3 is 1.80 bits per heavy atom. The molecule has 0 radical (unpaired) electrons. The van der Waals surface area contributed by atoms with Gasteiger partial charge in [0.1, 0.15) is 0 Å². The van der Waals surface area contributed by atoms with Crippen LogP contribution in [0.25, 0.3) is 0 Å². The van der Waals surface area contributed by atoms with E-state index < -0.39 is 43.2 Å². The minimum absolute atomic E-state index is 0. The molecule has 13 heteroatoms. The van der Waals surface area contributed by atoms with Gasteiger partial charge in [-0.05, 0) is 56.2 Å². The number of Topliss-reactive ketones (excluding diaryl/α,β-unsaturated/α-hetero) is 2. The Morgan fingerprint density at radius 1 is 0.782 bits per heavy atom. The Balaban J connectivity index is 0.00000213. The maximum Gasteiger partial charge on any atom is 0.373 e. The first-order valence-electron chi connectivity index (χ1n) is 18.7. The van der Waals surface area contributed by atoms with Crippen LogP contribution in [0, 0.1) is 12.8 Å². The number of aryl methyl sites for hydroxylation is 1. The van der Waals surface area contributed by atoms with Gasteiger partial charge in [0, 0.05) is 31.2 Å². The first-order chi connectivity index (χ1) is 25.7. The fraction of sp³-hybridized carbons (Fsp3) is 0.571. The maximum atomic E-state index is 13.3.